The van der Waals surface area contributed by atoms with E-state index in [0.717, 1.165) is 21.9 Å². The fourth-order valence-corrected chi connectivity index (χ4v) is 3.05. The first-order valence-corrected chi connectivity index (χ1v) is 8.39. The fourth-order valence-electron chi connectivity index (χ4n) is 2.24. The third kappa shape index (κ3) is 4.12. The lowest BCUT2D eigenvalue weighted by Gasteiger charge is -2.03. The molecule has 0 atom stereocenters. The van der Waals surface area contributed by atoms with Gasteiger partial charge in [-0.05, 0) is 52.9 Å². The van der Waals surface area contributed by atoms with Crippen LogP contribution in [0.5, 0.6) is 5.75 Å². The first-order chi connectivity index (χ1) is 11.7. The van der Waals surface area contributed by atoms with Gasteiger partial charge in [-0.15, -0.1) is 11.3 Å². The summed E-state index contributed by atoms with van der Waals surface area (Å²) in [5.41, 5.74) is 3.08. The summed E-state index contributed by atoms with van der Waals surface area (Å²) < 4.78 is 5.09. The van der Waals surface area contributed by atoms with Crippen molar-refractivity contribution in [1.29, 1.82) is 0 Å². The smallest absolute Gasteiger partial charge is 0.248 e. The highest BCUT2D eigenvalue weighted by molar-refractivity contribution is 7.11. The topological polar surface area (TPSA) is 38.3 Å². The van der Waals surface area contributed by atoms with Crippen LogP contribution in [-0.4, -0.2) is 13.0 Å². The molecule has 0 aliphatic heterocycles. The summed E-state index contributed by atoms with van der Waals surface area (Å²) in [6.45, 7) is 0. The lowest BCUT2D eigenvalue weighted by Crippen LogP contribution is -2.07. The van der Waals surface area contributed by atoms with Gasteiger partial charge < -0.3 is 10.1 Å². The maximum atomic E-state index is 12.0. The summed E-state index contributed by atoms with van der Waals surface area (Å²) in [5.74, 6) is 0.602. The molecule has 0 radical (unpaired) electrons. The Bertz CT molecular complexity index is 836. The Balaban J connectivity index is 1.63. The van der Waals surface area contributed by atoms with Crippen LogP contribution in [0.2, 0.25) is 0 Å². The summed E-state index contributed by atoms with van der Waals surface area (Å²) in [7, 11) is 1.61. The van der Waals surface area contributed by atoms with Crippen LogP contribution in [0.1, 0.15) is 4.88 Å². The zero-order valence-electron chi connectivity index (χ0n) is 13.2. The highest BCUT2D eigenvalue weighted by Gasteiger charge is 2.02. The largest absolute Gasteiger partial charge is 0.497 e. The minimum Gasteiger partial charge on any atom is -0.497 e. The second-order valence-corrected chi connectivity index (χ2v) is 6.10. The molecule has 0 fully saturated rings. The van der Waals surface area contributed by atoms with Crippen molar-refractivity contribution in [3.63, 3.8) is 0 Å². The Labute approximate surface area is 145 Å². The Morgan fingerprint density at radius 2 is 1.79 bits per heavy atom. The van der Waals surface area contributed by atoms with Crippen LogP contribution in [0.4, 0.5) is 5.69 Å². The SMILES string of the molecule is COc1ccc(NC(=O)/C=C/c2cc(-c3ccccc3)cs2)cc1. The highest BCUT2D eigenvalue weighted by Crippen LogP contribution is 2.26. The van der Waals surface area contributed by atoms with Gasteiger partial charge in [0, 0.05) is 16.6 Å². The number of benzene rings is 2. The van der Waals surface area contributed by atoms with Gasteiger partial charge in [0.2, 0.25) is 5.91 Å². The second-order valence-electron chi connectivity index (χ2n) is 5.15. The molecule has 1 aromatic heterocycles. The first kappa shape index (κ1) is 16.0. The van der Waals surface area contributed by atoms with Gasteiger partial charge in [-0.2, -0.15) is 0 Å². The maximum Gasteiger partial charge on any atom is 0.248 e. The molecule has 1 N–H and O–H groups in total. The van der Waals surface area contributed by atoms with E-state index in [1.165, 1.54) is 5.56 Å². The highest BCUT2D eigenvalue weighted by atomic mass is 32.1. The number of methoxy groups -OCH3 is 1. The van der Waals surface area contributed by atoms with E-state index in [1.54, 1.807) is 24.5 Å². The minimum atomic E-state index is -0.158. The molecular weight excluding hydrogens is 318 g/mol. The molecule has 1 heterocycles. The standard InChI is InChI=1S/C20H17NO2S/c1-23-18-9-7-17(8-10-18)21-20(22)12-11-19-13-16(14-24-19)15-5-3-2-4-6-15/h2-14H,1H3,(H,21,22)/b12-11+. The van der Waals surface area contributed by atoms with Crippen molar-refractivity contribution in [2.45, 2.75) is 0 Å². The monoisotopic (exact) mass is 335 g/mol. The van der Waals surface area contributed by atoms with Gasteiger partial charge in [-0.3, -0.25) is 4.79 Å². The zero-order chi connectivity index (χ0) is 16.8. The van der Waals surface area contributed by atoms with Crippen LogP contribution < -0.4 is 10.1 Å². The zero-order valence-corrected chi connectivity index (χ0v) is 14.0. The number of thiophene rings is 1. The average molecular weight is 335 g/mol. The molecule has 0 spiro atoms. The van der Waals surface area contributed by atoms with E-state index in [2.05, 4.69) is 28.9 Å². The summed E-state index contributed by atoms with van der Waals surface area (Å²) in [6, 6.07) is 19.5. The van der Waals surface area contributed by atoms with Crippen LogP contribution in [0.3, 0.4) is 0 Å². The predicted octanol–water partition coefficient (Wildman–Crippen LogP) is 5.08. The molecule has 0 aliphatic rings. The number of amides is 1. The molecule has 0 aliphatic carbocycles. The molecule has 0 saturated heterocycles. The molecule has 3 rings (SSSR count). The van der Waals surface area contributed by atoms with Crippen molar-refractivity contribution < 1.29 is 9.53 Å². The molecule has 4 heteroatoms. The molecule has 24 heavy (non-hydrogen) atoms. The van der Waals surface area contributed by atoms with Crippen molar-refractivity contribution in [2.24, 2.45) is 0 Å². The van der Waals surface area contributed by atoms with Gasteiger partial charge in [-0.25, -0.2) is 0 Å². The van der Waals surface area contributed by atoms with Crippen LogP contribution >= 0.6 is 11.3 Å². The number of hydrogen-bond acceptors (Lipinski definition) is 3. The van der Waals surface area contributed by atoms with Crippen molar-refractivity contribution in [3.8, 4) is 16.9 Å². The van der Waals surface area contributed by atoms with Gasteiger partial charge in [-0.1, -0.05) is 30.3 Å². The number of ether oxygens (including phenoxy) is 1. The molecule has 0 saturated carbocycles. The van der Waals surface area contributed by atoms with E-state index in [0.29, 0.717) is 0 Å². The second kappa shape index (κ2) is 7.62. The fraction of sp³-hybridized carbons (Fsp3) is 0.0500. The van der Waals surface area contributed by atoms with Gasteiger partial charge in [0.15, 0.2) is 0 Å². The number of rotatable bonds is 5. The normalized spacial score (nSPS) is 10.7. The lowest BCUT2D eigenvalue weighted by atomic mass is 10.1. The molecular formula is C20H17NO2S. The first-order valence-electron chi connectivity index (χ1n) is 7.52. The van der Waals surface area contributed by atoms with E-state index in [9.17, 15) is 4.79 Å². The summed E-state index contributed by atoms with van der Waals surface area (Å²) >= 11 is 1.61. The molecule has 3 aromatic rings. The van der Waals surface area contributed by atoms with Crippen LogP contribution in [0, 0.1) is 0 Å². The third-order valence-corrected chi connectivity index (χ3v) is 4.38. The minimum absolute atomic E-state index is 0.158. The van der Waals surface area contributed by atoms with Crippen molar-refractivity contribution in [1.82, 2.24) is 0 Å². The molecule has 3 nitrogen and oxygen atoms in total. The Hall–Kier alpha value is -2.85. The number of hydrogen-bond donors (Lipinski definition) is 1. The van der Waals surface area contributed by atoms with E-state index in [1.807, 2.05) is 48.5 Å². The average Bonchev–Trinajstić information content (AvgIpc) is 3.10. The van der Waals surface area contributed by atoms with Crippen LogP contribution in [0.25, 0.3) is 17.2 Å². The molecule has 120 valence electrons. The van der Waals surface area contributed by atoms with E-state index in [4.69, 9.17) is 4.74 Å². The quantitative estimate of drug-likeness (QED) is 0.661. The predicted molar refractivity (Wildman–Crippen MR) is 100 cm³/mol. The summed E-state index contributed by atoms with van der Waals surface area (Å²) in [5, 5.41) is 4.92. The molecule has 1 amide bonds. The lowest BCUT2D eigenvalue weighted by molar-refractivity contribution is -0.111. The van der Waals surface area contributed by atoms with Crippen molar-refractivity contribution >= 4 is 29.0 Å². The summed E-state index contributed by atoms with van der Waals surface area (Å²) in [6.07, 6.45) is 3.38. The number of anilines is 1. The number of nitrogens with one attached hydrogen (secondary N) is 1. The molecule has 0 unspecified atom stereocenters. The van der Waals surface area contributed by atoms with E-state index < -0.39 is 0 Å². The van der Waals surface area contributed by atoms with Gasteiger partial charge in [0.05, 0.1) is 7.11 Å². The van der Waals surface area contributed by atoms with Crippen LogP contribution in [-0.2, 0) is 4.79 Å². The van der Waals surface area contributed by atoms with Crippen molar-refractivity contribution in [2.75, 3.05) is 12.4 Å². The van der Waals surface area contributed by atoms with Crippen LogP contribution in [0.15, 0.2) is 72.1 Å². The Morgan fingerprint density at radius 1 is 1.04 bits per heavy atom. The van der Waals surface area contributed by atoms with Gasteiger partial charge >= 0.3 is 0 Å². The number of carbonyl (C=O) groups is 1. The van der Waals surface area contributed by atoms with Gasteiger partial charge in [0.1, 0.15) is 5.75 Å². The molecule has 0 bridgehead atoms. The maximum absolute atomic E-state index is 12.0. The van der Waals surface area contributed by atoms with E-state index in [-0.39, 0.29) is 5.91 Å². The summed E-state index contributed by atoms with van der Waals surface area (Å²) in [4.78, 5) is 13.0. The number of carbonyl (C=O) groups excluding carboxylic acids is 1. The molecule has 2 aromatic carbocycles. The third-order valence-electron chi connectivity index (χ3n) is 3.48. The Kier molecular flexibility index (Phi) is 5.08. The van der Waals surface area contributed by atoms with Gasteiger partial charge in [0.25, 0.3) is 0 Å². The van der Waals surface area contributed by atoms with E-state index >= 15 is 0 Å². The van der Waals surface area contributed by atoms with Crippen molar-refractivity contribution in [3.05, 3.63) is 77.0 Å². The Morgan fingerprint density at radius 3 is 2.50 bits per heavy atom.